The molecular formula is C20H26N6O2. The van der Waals surface area contributed by atoms with Crippen molar-refractivity contribution in [2.24, 2.45) is 11.7 Å². The number of aromatic amines is 1. The quantitative estimate of drug-likeness (QED) is 0.224. The normalized spacial score (nSPS) is 9.89. The van der Waals surface area contributed by atoms with Crippen LogP contribution in [0.4, 0.5) is 5.69 Å². The number of hydrogen-bond acceptors (Lipinski definition) is 6. The Bertz CT molecular complexity index is 893. The second-order valence-electron chi connectivity index (χ2n) is 6.15. The van der Waals surface area contributed by atoms with Gasteiger partial charge in [0.25, 0.3) is 0 Å². The maximum Gasteiger partial charge on any atom is 0.236 e. The number of benzene rings is 2. The molecule has 0 aliphatic carbocycles. The molecule has 0 unspecified atom stereocenters. The van der Waals surface area contributed by atoms with E-state index in [9.17, 15) is 0 Å². The zero-order valence-corrected chi connectivity index (χ0v) is 16.3. The second-order valence-corrected chi connectivity index (χ2v) is 6.15. The molecule has 3 rings (SSSR count). The molecule has 1 aromatic heterocycles. The first-order valence-electron chi connectivity index (χ1n) is 8.69. The Balaban J connectivity index is 0.000000640. The highest BCUT2D eigenvalue weighted by Crippen LogP contribution is 2.29. The summed E-state index contributed by atoms with van der Waals surface area (Å²) in [7, 11) is 1.82. The summed E-state index contributed by atoms with van der Waals surface area (Å²) >= 11 is 0. The lowest BCUT2D eigenvalue weighted by Crippen LogP contribution is -2.26. The number of amides is 1. The Morgan fingerprint density at radius 3 is 2.46 bits per heavy atom. The summed E-state index contributed by atoms with van der Waals surface area (Å²) in [5, 5.41) is 9.00. The number of rotatable bonds is 6. The van der Waals surface area contributed by atoms with Crippen molar-refractivity contribution in [1.82, 2.24) is 15.6 Å². The largest absolute Gasteiger partial charge is 0.471 e. The van der Waals surface area contributed by atoms with Crippen molar-refractivity contribution >= 4 is 12.1 Å². The van der Waals surface area contributed by atoms with E-state index in [1.54, 1.807) is 10.4 Å². The molecule has 3 aromatic rings. The Morgan fingerprint density at radius 2 is 1.86 bits per heavy atom. The van der Waals surface area contributed by atoms with Gasteiger partial charge in [-0.2, -0.15) is 0 Å². The number of hydrogen-bond donors (Lipinski definition) is 4. The van der Waals surface area contributed by atoms with Crippen molar-refractivity contribution < 1.29 is 9.53 Å². The lowest BCUT2D eigenvalue weighted by molar-refractivity contribution is -0.109. The first-order chi connectivity index (χ1) is 13.5. The van der Waals surface area contributed by atoms with Crippen LogP contribution in [0.2, 0.25) is 0 Å². The first kappa shape index (κ1) is 20.9. The topological polar surface area (TPSA) is 122 Å². The summed E-state index contributed by atoms with van der Waals surface area (Å²) in [6.45, 7) is 4.48. The van der Waals surface area contributed by atoms with Crippen molar-refractivity contribution in [1.29, 1.82) is 0 Å². The Kier molecular flexibility index (Phi) is 7.55. The van der Waals surface area contributed by atoms with Gasteiger partial charge in [0.05, 0.1) is 11.4 Å². The minimum atomic E-state index is 0.403. The molecule has 8 nitrogen and oxygen atoms in total. The number of nitrogens with one attached hydrogen (secondary N) is 2. The summed E-state index contributed by atoms with van der Waals surface area (Å²) in [4.78, 5) is 8.94. The van der Waals surface area contributed by atoms with Crippen LogP contribution in [0.1, 0.15) is 16.7 Å². The SMILES string of the molecule is Cc1cccc(N(C)N)c1COc1n[nH]c(-c2ccccc2)c1C.NNC=O. The number of H-pyrrole nitrogens is 1. The van der Waals surface area contributed by atoms with Crippen LogP contribution in [-0.2, 0) is 11.4 Å². The third kappa shape index (κ3) is 5.09. The van der Waals surface area contributed by atoms with Crippen LogP contribution < -0.4 is 26.9 Å². The van der Waals surface area contributed by atoms with Crippen molar-refractivity contribution in [2.75, 3.05) is 12.1 Å². The molecular weight excluding hydrogens is 356 g/mol. The lowest BCUT2D eigenvalue weighted by atomic mass is 10.1. The molecule has 0 atom stereocenters. The fourth-order valence-electron chi connectivity index (χ4n) is 2.75. The van der Waals surface area contributed by atoms with E-state index >= 15 is 0 Å². The monoisotopic (exact) mass is 382 g/mol. The molecule has 6 N–H and O–H groups in total. The van der Waals surface area contributed by atoms with Crippen LogP contribution in [0.15, 0.2) is 48.5 Å². The van der Waals surface area contributed by atoms with Crippen LogP contribution in [0, 0.1) is 13.8 Å². The molecule has 28 heavy (non-hydrogen) atoms. The van der Waals surface area contributed by atoms with Crippen LogP contribution >= 0.6 is 0 Å². The number of anilines is 1. The number of carbonyl (C=O) groups is 1. The zero-order chi connectivity index (χ0) is 20.5. The maximum absolute atomic E-state index is 8.94. The predicted molar refractivity (Wildman–Crippen MR) is 110 cm³/mol. The molecule has 0 aliphatic heterocycles. The minimum Gasteiger partial charge on any atom is -0.471 e. The summed E-state index contributed by atoms with van der Waals surface area (Å²) in [6, 6.07) is 16.1. The predicted octanol–water partition coefficient (Wildman–Crippen LogP) is 2.19. The molecule has 8 heteroatoms. The third-order valence-corrected chi connectivity index (χ3v) is 4.21. The van der Waals surface area contributed by atoms with Crippen molar-refractivity contribution in [2.45, 2.75) is 20.5 Å². The number of carbonyl (C=O) groups excluding carboxylic acids is 1. The highest BCUT2D eigenvalue weighted by Gasteiger charge is 2.14. The molecule has 2 aromatic carbocycles. The molecule has 0 saturated heterocycles. The molecule has 148 valence electrons. The smallest absolute Gasteiger partial charge is 0.236 e. The van der Waals surface area contributed by atoms with Crippen LogP contribution in [0.25, 0.3) is 11.3 Å². The molecule has 1 heterocycles. The van der Waals surface area contributed by atoms with Gasteiger partial charge < -0.3 is 9.75 Å². The van der Waals surface area contributed by atoms with E-state index in [4.69, 9.17) is 15.4 Å². The zero-order valence-electron chi connectivity index (χ0n) is 16.3. The summed E-state index contributed by atoms with van der Waals surface area (Å²) < 4.78 is 5.97. The second kappa shape index (κ2) is 10.1. The van der Waals surface area contributed by atoms with Gasteiger partial charge in [0.15, 0.2) is 0 Å². The van der Waals surface area contributed by atoms with E-state index in [2.05, 4.69) is 29.0 Å². The van der Waals surface area contributed by atoms with Gasteiger partial charge in [-0.15, -0.1) is 5.10 Å². The maximum atomic E-state index is 8.94. The van der Waals surface area contributed by atoms with Crippen molar-refractivity contribution in [3.8, 4) is 17.1 Å². The third-order valence-electron chi connectivity index (χ3n) is 4.21. The Labute approximate surface area is 164 Å². The van der Waals surface area contributed by atoms with Gasteiger partial charge >= 0.3 is 0 Å². The van der Waals surface area contributed by atoms with Crippen LogP contribution in [-0.4, -0.2) is 23.7 Å². The number of hydrazine groups is 2. The van der Waals surface area contributed by atoms with Gasteiger partial charge in [-0.05, 0) is 31.0 Å². The molecule has 0 spiro atoms. The van der Waals surface area contributed by atoms with E-state index in [-0.39, 0.29) is 0 Å². The minimum absolute atomic E-state index is 0.403. The fraction of sp³-hybridized carbons (Fsp3) is 0.200. The highest BCUT2D eigenvalue weighted by molar-refractivity contribution is 5.64. The molecule has 1 amide bonds. The standard InChI is InChI=1S/C19H22N4O.CH4N2O/c1-13-8-7-11-17(23(3)20)16(13)12-24-19-14(2)18(21-22-19)15-9-5-4-6-10-15;2-3-1-4/h4-11H,12,20H2,1-3H3,(H,21,22);1H,2H2,(H,3,4). The number of nitrogens with two attached hydrogens (primary N) is 2. The van der Waals surface area contributed by atoms with E-state index in [0.717, 1.165) is 33.6 Å². The molecule has 0 bridgehead atoms. The Morgan fingerprint density at radius 1 is 1.18 bits per heavy atom. The number of nitrogens with zero attached hydrogens (tertiary/aromatic N) is 2. The number of ether oxygens (including phenoxy) is 1. The molecule has 0 saturated carbocycles. The van der Waals surface area contributed by atoms with Gasteiger partial charge in [-0.1, -0.05) is 42.5 Å². The van der Waals surface area contributed by atoms with Crippen molar-refractivity contribution in [3.63, 3.8) is 0 Å². The van der Waals surface area contributed by atoms with E-state index < -0.39 is 0 Å². The fourth-order valence-corrected chi connectivity index (χ4v) is 2.75. The number of aromatic nitrogens is 2. The van der Waals surface area contributed by atoms with Gasteiger partial charge in [-0.25, -0.2) is 11.7 Å². The van der Waals surface area contributed by atoms with Gasteiger partial charge in [-0.3, -0.25) is 15.3 Å². The lowest BCUT2D eigenvalue weighted by Gasteiger charge is -2.18. The molecule has 0 aliphatic rings. The van der Waals surface area contributed by atoms with Gasteiger partial charge in [0, 0.05) is 18.2 Å². The average Bonchev–Trinajstić information content (AvgIpc) is 3.08. The van der Waals surface area contributed by atoms with Crippen LogP contribution in [0.3, 0.4) is 0 Å². The van der Waals surface area contributed by atoms with Crippen molar-refractivity contribution in [3.05, 3.63) is 65.2 Å². The van der Waals surface area contributed by atoms with Crippen LogP contribution in [0.5, 0.6) is 5.88 Å². The first-order valence-corrected chi connectivity index (χ1v) is 8.69. The Hall–Kier alpha value is -3.36. The van der Waals surface area contributed by atoms with Gasteiger partial charge in [0.2, 0.25) is 12.3 Å². The average molecular weight is 382 g/mol. The summed E-state index contributed by atoms with van der Waals surface area (Å²) in [6.07, 6.45) is 0.403. The number of aryl methyl sites for hydroxylation is 1. The van der Waals surface area contributed by atoms with E-state index in [1.165, 1.54) is 0 Å². The van der Waals surface area contributed by atoms with E-state index in [0.29, 0.717) is 18.9 Å². The molecule has 0 radical (unpaired) electrons. The summed E-state index contributed by atoms with van der Waals surface area (Å²) in [5.74, 6) is 10.9. The van der Waals surface area contributed by atoms with E-state index in [1.807, 2.05) is 56.4 Å². The summed E-state index contributed by atoms with van der Waals surface area (Å²) in [5.41, 5.74) is 7.97. The molecule has 0 fully saturated rings. The highest BCUT2D eigenvalue weighted by atomic mass is 16.5. The van der Waals surface area contributed by atoms with Gasteiger partial charge in [0.1, 0.15) is 6.61 Å².